The number of hydrogen-bond donors (Lipinski definition) is 0. The third-order valence-corrected chi connectivity index (χ3v) is 6.56. The van der Waals surface area contributed by atoms with Crippen LogP contribution in [0.4, 0.5) is 0 Å². The molecule has 0 bridgehead atoms. The summed E-state index contributed by atoms with van der Waals surface area (Å²) in [4.78, 5) is 19.9. The molecular weight excluding hydrogens is 404 g/mol. The molecular formula is C27H25ClN2O. The highest BCUT2D eigenvalue weighted by Gasteiger charge is 2.27. The van der Waals surface area contributed by atoms with Crippen molar-refractivity contribution in [2.75, 3.05) is 13.1 Å². The fourth-order valence-electron chi connectivity index (χ4n) is 4.80. The fraction of sp³-hybridized carbons (Fsp3) is 0.259. The molecule has 156 valence electrons. The lowest BCUT2D eigenvalue weighted by Gasteiger charge is -2.31. The molecule has 31 heavy (non-hydrogen) atoms. The number of halogens is 1. The molecule has 1 aliphatic carbocycles. The van der Waals surface area contributed by atoms with Gasteiger partial charge >= 0.3 is 0 Å². The van der Waals surface area contributed by atoms with Crippen molar-refractivity contribution in [2.24, 2.45) is 0 Å². The van der Waals surface area contributed by atoms with Crippen LogP contribution in [0.2, 0.25) is 5.02 Å². The molecule has 0 atom stereocenters. The molecule has 2 aliphatic rings. The van der Waals surface area contributed by atoms with Crippen LogP contribution in [0.1, 0.15) is 40.8 Å². The highest BCUT2D eigenvalue weighted by atomic mass is 35.5. The molecule has 5 rings (SSSR count). The molecule has 0 saturated carbocycles. The Labute approximate surface area is 188 Å². The van der Waals surface area contributed by atoms with Gasteiger partial charge in [0.2, 0.25) is 5.91 Å². The van der Waals surface area contributed by atoms with Crippen LogP contribution in [-0.2, 0) is 24.1 Å². The molecule has 2 aromatic carbocycles. The maximum atomic E-state index is 13.1. The Morgan fingerprint density at radius 1 is 0.968 bits per heavy atom. The van der Waals surface area contributed by atoms with E-state index in [-0.39, 0.29) is 5.91 Å². The van der Waals surface area contributed by atoms with Crippen molar-refractivity contribution in [3.63, 3.8) is 0 Å². The predicted octanol–water partition coefficient (Wildman–Crippen LogP) is 5.50. The Balaban J connectivity index is 1.54. The molecule has 0 unspecified atom stereocenters. The highest BCUT2D eigenvalue weighted by molar-refractivity contribution is 6.30. The number of pyridine rings is 1. The smallest absolute Gasteiger partial charge is 0.227 e. The minimum absolute atomic E-state index is 0.190. The first-order valence-corrected chi connectivity index (χ1v) is 11.3. The van der Waals surface area contributed by atoms with Crippen molar-refractivity contribution in [2.45, 2.75) is 32.1 Å². The van der Waals surface area contributed by atoms with Crippen molar-refractivity contribution >= 4 is 23.1 Å². The number of piperidine rings is 1. The van der Waals surface area contributed by atoms with E-state index in [4.69, 9.17) is 16.6 Å². The van der Waals surface area contributed by atoms with Gasteiger partial charge in [0.1, 0.15) is 0 Å². The molecule has 1 saturated heterocycles. The summed E-state index contributed by atoms with van der Waals surface area (Å²) >= 11 is 6.33. The van der Waals surface area contributed by atoms with E-state index in [1.165, 1.54) is 27.8 Å². The lowest BCUT2D eigenvalue weighted by Crippen LogP contribution is -2.38. The number of likely N-dealkylation sites (tertiary alicyclic amines) is 1. The van der Waals surface area contributed by atoms with Gasteiger partial charge in [0, 0.05) is 29.9 Å². The number of rotatable bonds is 2. The second kappa shape index (κ2) is 8.68. The summed E-state index contributed by atoms with van der Waals surface area (Å²) in [6.07, 6.45) is 6.19. The summed E-state index contributed by atoms with van der Waals surface area (Å²) in [5.74, 6) is 0.190. The Kier molecular flexibility index (Phi) is 5.61. The molecule has 0 spiro atoms. The fourth-order valence-corrected chi connectivity index (χ4v) is 5.00. The summed E-state index contributed by atoms with van der Waals surface area (Å²) < 4.78 is 0. The van der Waals surface area contributed by atoms with Gasteiger partial charge in [-0.1, -0.05) is 54.1 Å². The van der Waals surface area contributed by atoms with E-state index in [1.54, 1.807) is 0 Å². The predicted molar refractivity (Wildman–Crippen MR) is 125 cm³/mol. The summed E-state index contributed by atoms with van der Waals surface area (Å²) in [7, 11) is 0. The van der Waals surface area contributed by atoms with Crippen LogP contribution in [0, 0.1) is 0 Å². The van der Waals surface area contributed by atoms with Gasteiger partial charge in [-0.3, -0.25) is 9.78 Å². The topological polar surface area (TPSA) is 33.2 Å². The molecule has 0 N–H and O–H groups in total. The Morgan fingerprint density at radius 3 is 2.68 bits per heavy atom. The first-order chi connectivity index (χ1) is 15.2. The number of carbonyl (C=O) groups is 1. The monoisotopic (exact) mass is 428 g/mol. The van der Waals surface area contributed by atoms with Crippen molar-refractivity contribution < 1.29 is 4.79 Å². The van der Waals surface area contributed by atoms with Crippen molar-refractivity contribution in [1.29, 1.82) is 0 Å². The first-order valence-electron chi connectivity index (χ1n) is 11.0. The zero-order valence-corrected chi connectivity index (χ0v) is 18.2. The summed E-state index contributed by atoms with van der Waals surface area (Å²) in [5, 5.41) is 0.769. The molecule has 2 heterocycles. The number of amides is 1. The molecule has 1 aromatic heterocycles. The van der Waals surface area contributed by atoms with Gasteiger partial charge in [0.15, 0.2) is 0 Å². The summed E-state index contributed by atoms with van der Waals surface area (Å²) in [6.45, 7) is 1.48. The van der Waals surface area contributed by atoms with Gasteiger partial charge in [-0.2, -0.15) is 0 Å². The van der Waals surface area contributed by atoms with Crippen molar-refractivity contribution in [3.8, 4) is 0 Å². The molecule has 3 aromatic rings. The zero-order valence-electron chi connectivity index (χ0n) is 17.5. The van der Waals surface area contributed by atoms with Crippen LogP contribution in [0.5, 0.6) is 0 Å². The molecule has 1 aliphatic heterocycles. The SMILES string of the molecule is O=C(Cc1ccccc1)N1CCC/C(=C2\c3ccc(Cl)cc3CCc3cccnc32)C1. The van der Waals surface area contributed by atoms with Gasteiger partial charge in [-0.25, -0.2) is 0 Å². The maximum absolute atomic E-state index is 13.1. The minimum Gasteiger partial charge on any atom is -0.338 e. The Hall–Kier alpha value is -2.91. The van der Waals surface area contributed by atoms with E-state index in [0.717, 1.165) is 48.5 Å². The van der Waals surface area contributed by atoms with Crippen LogP contribution in [-0.4, -0.2) is 28.9 Å². The second-order valence-electron chi connectivity index (χ2n) is 8.37. The molecule has 1 fully saturated rings. The standard InChI is InChI=1S/C27H25ClN2O/c28-23-12-13-24-21(17-23)11-10-20-8-4-14-29-27(20)26(24)22-9-5-15-30(18-22)25(31)16-19-6-2-1-3-7-19/h1-4,6-8,12-14,17H,5,9-11,15-16,18H2/b26-22-. The van der Waals surface area contributed by atoms with Crippen molar-refractivity contribution in [3.05, 3.63) is 105 Å². The highest BCUT2D eigenvalue weighted by Crippen LogP contribution is 2.38. The van der Waals surface area contributed by atoms with Gasteiger partial charge in [0.25, 0.3) is 0 Å². The number of hydrogen-bond acceptors (Lipinski definition) is 2. The molecule has 3 nitrogen and oxygen atoms in total. The van der Waals surface area contributed by atoms with Gasteiger partial charge in [0.05, 0.1) is 12.1 Å². The lowest BCUT2D eigenvalue weighted by molar-refractivity contribution is -0.130. The maximum Gasteiger partial charge on any atom is 0.227 e. The molecule has 1 amide bonds. The number of carbonyl (C=O) groups excluding carboxylic acids is 1. The van der Waals surface area contributed by atoms with Gasteiger partial charge < -0.3 is 4.90 Å². The number of nitrogens with zero attached hydrogens (tertiary/aromatic N) is 2. The normalized spacial score (nSPS) is 18.2. The van der Waals surface area contributed by atoms with E-state index in [2.05, 4.69) is 18.2 Å². The molecule has 4 heteroatoms. The van der Waals surface area contributed by atoms with Crippen LogP contribution in [0.15, 0.2) is 72.4 Å². The number of aryl methyl sites for hydroxylation is 2. The Bertz CT molecular complexity index is 1150. The zero-order chi connectivity index (χ0) is 21.2. The van der Waals surface area contributed by atoms with Crippen LogP contribution >= 0.6 is 11.6 Å². The second-order valence-corrected chi connectivity index (χ2v) is 8.81. The van der Waals surface area contributed by atoms with Crippen LogP contribution in [0.25, 0.3) is 5.57 Å². The lowest BCUT2D eigenvalue weighted by atomic mass is 9.89. The van der Waals surface area contributed by atoms with Crippen molar-refractivity contribution in [1.82, 2.24) is 9.88 Å². The van der Waals surface area contributed by atoms with Gasteiger partial charge in [-0.05, 0) is 71.7 Å². The number of fused-ring (bicyclic) bond motifs is 2. The quantitative estimate of drug-likeness (QED) is 0.540. The first kappa shape index (κ1) is 20.0. The van der Waals surface area contributed by atoms with Crippen LogP contribution < -0.4 is 0 Å². The van der Waals surface area contributed by atoms with E-state index in [1.807, 2.05) is 53.6 Å². The third-order valence-electron chi connectivity index (χ3n) is 6.32. The third kappa shape index (κ3) is 4.15. The van der Waals surface area contributed by atoms with Gasteiger partial charge in [-0.15, -0.1) is 0 Å². The number of aromatic nitrogens is 1. The minimum atomic E-state index is 0.190. The van der Waals surface area contributed by atoms with Crippen LogP contribution in [0.3, 0.4) is 0 Å². The van der Waals surface area contributed by atoms with E-state index >= 15 is 0 Å². The van der Waals surface area contributed by atoms with E-state index < -0.39 is 0 Å². The summed E-state index contributed by atoms with van der Waals surface area (Å²) in [5.41, 5.74) is 8.39. The van der Waals surface area contributed by atoms with E-state index in [9.17, 15) is 4.79 Å². The molecule has 0 radical (unpaired) electrons. The Morgan fingerprint density at radius 2 is 1.81 bits per heavy atom. The van der Waals surface area contributed by atoms with E-state index in [0.29, 0.717) is 13.0 Å². The average Bonchev–Trinajstić information content (AvgIpc) is 2.96. The average molecular weight is 429 g/mol. The largest absolute Gasteiger partial charge is 0.338 e. The number of benzene rings is 2. The summed E-state index contributed by atoms with van der Waals surface area (Å²) in [6, 6.07) is 20.4.